The Balaban J connectivity index is 2.19. The van der Waals surface area contributed by atoms with E-state index in [2.05, 4.69) is 24.1 Å². The molecule has 106 valence electrons. The first-order valence-corrected chi connectivity index (χ1v) is 8.32. The molecule has 1 fully saturated rings. The molecule has 1 aliphatic heterocycles. The Kier molecular flexibility index (Phi) is 3.87. The van der Waals surface area contributed by atoms with Gasteiger partial charge in [0.05, 0.1) is 10.6 Å². The van der Waals surface area contributed by atoms with E-state index in [9.17, 15) is 8.42 Å². The monoisotopic (exact) mass is 282 g/mol. The van der Waals surface area contributed by atoms with Crippen LogP contribution in [0.1, 0.15) is 20.8 Å². The lowest BCUT2D eigenvalue weighted by molar-refractivity contribution is 0.353. The largest absolute Gasteiger partial charge is 0.368 e. The van der Waals surface area contributed by atoms with Crippen molar-refractivity contribution in [3.63, 3.8) is 0 Å². The lowest BCUT2D eigenvalue weighted by Crippen LogP contribution is -2.57. The van der Waals surface area contributed by atoms with E-state index in [-0.39, 0.29) is 11.3 Å². The summed E-state index contributed by atoms with van der Waals surface area (Å²) in [5, 5.41) is 3.47. The number of nitrogens with one attached hydrogen (secondary N) is 1. The van der Waals surface area contributed by atoms with Crippen molar-refractivity contribution in [3.05, 3.63) is 24.3 Å². The minimum Gasteiger partial charge on any atom is -0.368 e. The van der Waals surface area contributed by atoms with Crippen molar-refractivity contribution >= 4 is 15.5 Å². The number of nitrogens with zero attached hydrogens (tertiary/aromatic N) is 1. The van der Waals surface area contributed by atoms with Crippen LogP contribution in [-0.2, 0) is 9.84 Å². The molecule has 5 heteroatoms. The third-order valence-corrected chi connectivity index (χ3v) is 5.26. The molecule has 0 saturated carbocycles. The second kappa shape index (κ2) is 5.13. The van der Waals surface area contributed by atoms with Crippen molar-refractivity contribution in [2.75, 3.05) is 30.3 Å². The molecule has 0 bridgehead atoms. The predicted molar refractivity (Wildman–Crippen MR) is 78.5 cm³/mol. The van der Waals surface area contributed by atoms with Crippen molar-refractivity contribution < 1.29 is 8.42 Å². The number of benzene rings is 1. The fraction of sp³-hybridized carbons (Fsp3) is 0.571. The van der Waals surface area contributed by atoms with Crippen molar-refractivity contribution in [1.82, 2.24) is 5.32 Å². The molecule has 0 aromatic heterocycles. The molecule has 1 saturated heterocycles. The Morgan fingerprint density at radius 1 is 1.26 bits per heavy atom. The topological polar surface area (TPSA) is 49.4 Å². The van der Waals surface area contributed by atoms with Crippen LogP contribution in [0.15, 0.2) is 29.2 Å². The molecule has 19 heavy (non-hydrogen) atoms. The summed E-state index contributed by atoms with van der Waals surface area (Å²) in [6.45, 7) is 8.84. The van der Waals surface area contributed by atoms with Crippen LogP contribution in [0.2, 0.25) is 0 Å². The van der Waals surface area contributed by atoms with Gasteiger partial charge in [-0.3, -0.25) is 0 Å². The highest BCUT2D eigenvalue weighted by Gasteiger charge is 2.25. The molecule has 1 heterocycles. The third-order valence-electron chi connectivity index (χ3n) is 3.51. The summed E-state index contributed by atoms with van der Waals surface area (Å²) < 4.78 is 23.5. The van der Waals surface area contributed by atoms with Gasteiger partial charge in [-0.1, -0.05) is 6.92 Å². The summed E-state index contributed by atoms with van der Waals surface area (Å²) in [5.41, 5.74) is 1.18. The Labute approximate surface area is 115 Å². The van der Waals surface area contributed by atoms with Crippen LogP contribution in [0.4, 0.5) is 5.69 Å². The van der Waals surface area contributed by atoms with E-state index < -0.39 is 9.84 Å². The van der Waals surface area contributed by atoms with Gasteiger partial charge in [0, 0.05) is 30.9 Å². The highest BCUT2D eigenvalue weighted by molar-refractivity contribution is 7.91. The first kappa shape index (κ1) is 14.3. The van der Waals surface area contributed by atoms with E-state index in [4.69, 9.17) is 0 Å². The van der Waals surface area contributed by atoms with E-state index in [1.54, 1.807) is 19.1 Å². The van der Waals surface area contributed by atoms with Crippen LogP contribution in [0.5, 0.6) is 0 Å². The predicted octanol–water partition coefficient (Wildman–Crippen LogP) is 1.67. The molecule has 4 nitrogen and oxygen atoms in total. The Hall–Kier alpha value is -1.07. The minimum atomic E-state index is -3.10. The normalized spacial score (nSPS) is 19.4. The zero-order chi connectivity index (χ0) is 14.1. The van der Waals surface area contributed by atoms with E-state index in [0.29, 0.717) is 4.90 Å². The summed E-state index contributed by atoms with van der Waals surface area (Å²) in [6.07, 6.45) is 0. The Morgan fingerprint density at radius 2 is 1.89 bits per heavy atom. The lowest BCUT2D eigenvalue weighted by atomic mass is 10.0. The Bertz CT molecular complexity index is 535. The third kappa shape index (κ3) is 3.28. The Morgan fingerprint density at radius 3 is 2.42 bits per heavy atom. The number of hydrogen-bond donors (Lipinski definition) is 1. The van der Waals surface area contributed by atoms with Crippen molar-refractivity contribution in [3.8, 4) is 0 Å². The summed E-state index contributed by atoms with van der Waals surface area (Å²) in [5.74, 6) is 0.146. The van der Waals surface area contributed by atoms with Crippen LogP contribution in [0.25, 0.3) is 0 Å². The van der Waals surface area contributed by atoms with Gasteiger partial charge in [0.1, 0.15) is 0 Å². The maximum absolute atomic E-state index is 11.8. The van der Waals surface area contributed by atoms with Gasteiger partial charge in [-0.2, -0.15) is 0 Å². The smallest absolute Gasteiger partial charge is 0.178 e. The summed E-state index contributed by atoms with van der Waals surface area (Å²) in [6, 6.07) is 7.24. The summed E-state index contributed by atoms with van der Waals surface area (Å²) in [4.78, 5) is 2.70. The first-order chi connectivity index (χ1) is 8.84. The zero-order valence-corrected chi connectivity index (χ0v) is 12.6. The molecule has 0 spiro atoms. The maximum atomic E-state index is 11.8. The number of anilines is 1. The fourth-order valence-corrected chi connectivity index (χ4v) is 3.28. The van der Waals surface area contributed by atoms with E-state index in [1.807, 2.05) is 12.1 Å². The average molecular weight is 282 g/mol. The standard InChI is InChI=1S/C14H22N2O2S/c1-4-19(17,18)13-7-5-12(6-8-13)16-10-9-15-14(2,3)11-16/h5-8,15H,4,9-11H2,1-3H3. The molecule has 1 aromatic rings. The second-order valence-corrected chi connectivity index (χ2v) is 7.91. The molecular formula is C14H22N2O2S. The molecule has 1 aliphatic rings. The molecule has 0 unspecified atom stereocenters. The van der Waals surface area contributed by atoms with E-state index in [0.717, 1.165) is 25.3 Å². The lowest BCUT2D eigenvalue weighted by Gasteiger charge is -2.40. The van der Waals surface area contributed by atoms with Gasteiger partial charge in [-0.25, -0.2) is 8.42 Å². The molecule has 1 N–H and O–H groups in total. The highest BCUT2D eigenvalue weighted by Crippen LogP contribution is 2.22. The van der Waals surface area contributed by atoms with Crippen LogP contribution >= 0.6 is 0 Å². The van der Waals surface area contributed by atoms with Gasteiger partial charge in [0.2, 0.25) is 0 Å². The van der Waals surface area contributed by atoms with Crippen LogP contribution in [0, 0.1) is 0 Å². The summed E-state index contributed by atoms with van der Waals surface area (Å²) >= 11 is 0. The SMILES string of the molecule is CCS(=O)(=O)c1ccc(N2CCNC(C)(C)C2)cc1. The van der Waals surface area contributed by atoms with Crippen molar-refractivity contribution in [2.45, 2.75) is 31.2 Å². The molecule has 0 amide bonds. The highest BCUT2D eigenvalue weighted by atomic mass is 32.2. The van der Waals surface area contributed by atoms with Crippen LogP contribution in [-0.4, -0.2) is 39.3 Å². The number of rotatable bonds is 3. The second-order valence-electron chi connectivity index (χ2n) is 5.63. The fourth-order valence-electron chi connectivity index (χ4n) is 2.39. The van der Waals surface area contributed by atoms with Crippen LogP contribution in [0.3, 0.4) is 0 Å². The quantitative estimate of drug-likeness (QED) is 0.916. The summed E-state index contributed by atoms with van der Waals surface area (Å²) in [7, 11) is -3.10. The van der Waals surface area contributed by atoms with Gasteiger partial charge in [0.25, 0.3) is 0 Å². The number of piperazine rings is 1. The molecule has 0 radical (unpaired) electrons. The van der Waals surface area contributed by atoms with Crippen molar-refractivity contribution in [2.24, 2.45) is 0 Å². The van der Waals surface area contributed by atoms with E-state index >= 15 is 0 Å². The average Bonchev–Trinajstić information content (AvgIpc) is 2.38. The molecule has 0 aliphatic carbocycles. The van der Waals surface area contributed by atoms with Gasteiger partial charge in [-0.05, 0) is 38.1 Å². The van der Waals surface area contributed by atoms with Gasteiger partial charge >= 0.3 is 0 Å². The molecule has 2 rings (SSSR count). The number of hydrogen-bond acceptors (Lipinski definition) is 4. The van der Waals surface area contributed by atoms with E-state index in [1.165, 1.54) is 0 Å². The zero-order valence-electron chi connectivity index (χ0n) is 11.8. The maximum Gasteiger partial charge on any atom is 0.178 e. The van der Waals surface area contributed by atoms with Gasteiger partial charge in [-0.15, -0.1) is 0 Å². The van der Waals surface area contributed by atoms with Crippen LogP contribution < -0.4 is 10.2 Å². The van der Waals surface area contributed by atoms with Gasteiger partial charge < -0.3 is 10.2 Å². The minimum absolute atomic E-state index is 0.0897. The molecule has 0 atom stereocenters. The van der Waals surface area contributed by atoms with Gasteiger partial charge in [0.15, 0.2) is 9.84 Å². The first-order valence-electron chi connectivity index (χ1n) is 6.67. The number of sulfone groups is 1. The molecular weight excluding hydrogens is 260 g/mol. The van der Waals surface area contributed by atoms with Crippen molar-refractivity contribution in [1.29, 1.82) is 0 Å². The molecule has 1 aromatic carbocycles.